The molecule has 6 nitrogen and oxygen atoms in total. The third-order valence-electron chi connectivity index (χ3n) is 3.66. The number of amides is 1. The predicted octanol–water partition coefficient (Wildman–Crippen LogP) is 4.20. The number of aryl methyl sites for hydroxylation is 1. The Labute approximate surface area is 161 Å². The highest BCUT2D eigenvalue weighted by Gasteiger charge is 2.21. The van der Waals surface area contributed by atoms with Gasteiger partial charge >= 0.3 is 5.97 Å². The number of nitrogens with one attached hydrogen (secondary N) is 1. The number of aliphatic carboxylic acids is 1. The molecule has 2 N–H and O–H groups in total. The minimum atomic E-state index is -1.04. The molecule has 2 aromatic rings. The van der Waals surface area contributed by atoms with Gasteiger partial charge in [0.1, 0.15) is 6.04 Å². The Morgan fingerprint density at radius 3 is 2.65 bits per heavy atom. The van der Waals surface area contributed by atoms with E-state index in [4.69, 9.17) is 32.7 Å². The summed E-state index contributed by atoms with van der Waals surface area (Å²) in [6, 6.07) is 4.13. The van der Waals surface area contributed by atoms with Crippen molar-refractivity contribution in [3.63, 3.8) is 0 Å². The van der Waals surface area contributed by atoms with Gasteiger partial charge in [-0.05, 0) is 30.5 Å². The summed E-state index contributed by atoms with van der Waals surface area (Å²) >= 11 is 12.0. The topological polar surface area (TPSA) is 92.4 Å². The van der Waals surface area contributed by atoms with E-state index in [0.29, 0.717) is 33.7 Å². The lowest BCUT2D eigenvalue weighted by atomic mass is 10.0. The third-order valence-corrected chi connectivity index (χ3v) is 4.20. The second kappa shape index (κ2) is 9.05. The fourth-order valence-corrected chi connectivity index (χ4v) is 2.92. The number of halogens is 2. The van der Waals surface area contributed by atoms with Gasteiger partial charge < -0.3 is 14.8 Å². The molecule has 0 spiro atoms. The van der Waals surface area contributed by atoms with Crippen molar-refractivity contribution in [2.45, 2.75) is 39.2 Å². The van der Waals surface area contributed by atoms with Crippen molar-refractivity contribution < 1.29 is 19.1 Å². The minimum Gasteiger partial charge on any atom is -0.480 e. The summed E-state index contributed by atoms with van der Waals surface area (Å²) in [4.78, 5) is 27.3. The number of hydrogen-bond donors (Lipinski definition) is 2. The van der Waals surface area contributed by atoms with Crippen molar-refractivity contribution in [2.24, 2.45) is 5.92 Å². The summed E-state index contributed by atoms with van der Waals surface area (Å²) in [5.41, 5.74) is 0.655. The molecule has 0 unspecified atom stereocenters. The first-order valence-corrected chi connectivity index (χ1v) is 8.94. The first-order chi connectivity index (χ1) is 12.3. The Kier molecular flexibility index (Phi) is 7.06. The van der Waals surface area contributed by atoms with Gasteiger partial charge in [-0.2, -0.15) is 0 Å². The highest BCUT2D eigenvalue weighted by molar-refractivity contribution is 6.36. The van der Waals surface area contributed by atoms with Gasteiger partial charge in [0.15, 0.2) is 11.7 Å². The number of hydrogen-bond acceptors (Lipinski definition) is 4. The van der Waals surface area contributed by atoms with Crippen LogP contribution < -0.4 is 5.32 Å². The van der Waals surface area contributed by atoms with Gasteiger partial charge in [-0.3, -0.25) is 4.79 Å². The molecule has 1 aromatic carbocycles. The second-order valence-corrected chi connectivity index (χ2v) is 7.17. The molecule has 0 bridgehead atoms. The average molecular weight is 399 g/mol. The van der Waals surface area contributed by atoms with E-state index in [1.807, 2.05) is 13.8 Å². The number of carboxylic acid groups (broad SMARTS) is 1. The van der Waals surface area contributed by atoms with Gasteiger partial charge in [0.2, 0.25) is 5.91 Å². The second-order valence-electron chi connectivity index (χ2n) is 6.33. The summed E-state index contributed by atoms with van der Waals surface area (Å²) in [6.45, 7) is 3.80. The van der Waals surface area contributed by atoms with E-state index in [1.54, 1.807) is 18.2 Å². The van der Waals surface area contributed by atoms with Crippen LogP contribution in [0.5, 0.6) is 0 Å². The largest absolute Gasteiger partial charge is 0.480 e. The zero-order chi connectivity index (χ0) is 19.3. The molecule has 1 aromatic heterocycles. The lowest BCUT2D eigenvalue weighted by Crippen LogP contribution is -2.41. The van der Waals surface area contributed by atoms with Gasteiger partial charge in [-0.15, -0.1) is 0 Å². The van der Waals surface area contributed by atoms with Crippen LogP contribution in [-0.2, 0) is 16.0 Å². The van der Waals surface area contributed by atoms with Crippen LogP contribution in [0.25, 0.3) is 11.3 Å². The van der Waals surface area contributed by atoms with E-state index in [-0.39, 0.29) is 24.7 Å². The van der Waals surface area contributed by atoms with Crippen LogP contribution in [0.3, 0.4) is 0 Å². The molecule has 0 radical (unpaired) electrons. The van der Waals surface area contributed by atoms with Crippen molar-refractivity contribution in [2.75, 3.05) is 0 Å². The highest BCUT2D eigenvalue weighted by Crippen LogP contribution is 2.30. The molecule has 0 aliphatic rings. The Balaban J connectivity index is 1.95. The van der Waals surface area contributed by atoms with Crippen LogP contribution in [-0.4, -0.2) is 28.0 Å². The van der Waals surface area contributed by atoms with E-state index >= 15 is 0 Å². The van der Waals surface area contributed by atoms with Crippen LogP contribution in [0, 0.1) is 5.92 Å². The molecule has 1 amide bonds. The van der Waals surface area contributed by atoms with Crippen LogP contribution in [0.2, 0.25) is 10.0 Å². The molecule has 1 heterocycles. The summed E-state index contributed by atoms with van der Waals surface area (Å²) < 4.78 is 5.62. The average Bonchev–Trinajstić information content (AvgIpc) is 3.00. The Bertz CT molecular complexity index is 789. The third kappa shape index (κ3) is 5.75. The number of carbonyl (C=O) groups excluding carboxylic acids is 1. The molecule has 0 saturated carbocycles. The maximum Gasteiger partial charge on any atom is 0.326 e. The number of oxazole rings is 1. The van der Waals surface area contributed by atoms with Crippen molar-refractivity contribution in [3.8, 4) is 11.3 Å². The fraction of sp³-hybridized carbons (Fsp3) is 0.389. The SMILES string of the molecule is CC(C)C[C@H](NC(=O)CCc1ncc(-c2ccc(Cl)cc2Cl)o1)C(=O)O. The monoisotopic (exact) mass is 398 g/mol. The first-order valence-electron chi connectivity index (χ1n) is 8.18. The molecular formula is C18H20Cl2N2O4. The van der Waals surface area contributed by atoms with Crippen LogP contribution >= 0.6 is 23.2 Å². The van der Waals surface area contributed by atoms with E-state index in [1.165, 1.54) is 6.20 Å². The fourth-order valence-electron chi connectivity index (χ4n) is 2.42. The summed E-state index contributed by atoms with van der Waals surface area (Å²) in [7, 11) is 0. The molecule has 26 heavy (non-hydrogen) atoms. The Hall–Kier alpha value is -2.05. The van der Waals surface area contributed by atoms with Crippen LogP contribution in [0.1, 0.15) is 32.6 Å². The van der Waals surface area contributed by atoms with Gasteiger partial charge in [0.05, 0.1) is 11.2 Å². The molecule has 0 saturated heterocycles. The highest BCUT2D eigenvalue weighted by atomic mass is 35.5. The summed E-state index contributed by atoms with van der Waals surface area (Å²) in [6.07, 6.45) is 2.24. The number of carboxylic acids is 1. The van der Waals surface area contributed by atoms with Crippen LogP contribution in [0.15, 0.2) is 28.8 Å². The number of carbonyl (C=O) groups is 2. The van der Waals surface area contributed by atoms with Crippen molar-refractivity contribution in [1.29, 1.82) is 0 Å². The van der Waals surface area contributed by atoms with E-state index in [9.17, 15) is 9.59 Å². The summed E-state index contributed by atoms with van der Waals surface area (Å²) in [5, 5.41) is 12.7. The molecule has 1 atom stereocenters. The summed E-state index contributed by atoms with van der Waals surface area (Å²) in [5.74, 6) is -0.387. The lowest BCUT2D eigenvalue weighted by Gasteiger charge is -2.16. The van der Waals surface area contributed by atoms with E-state index in [2.05, 4.69) is 10.3 Å². The molecule has 2 rings (SSSR count). The van der Waals surface area contributed by atoms with E-state index < -0.39 is 12.0 Å². The molecule has 0 aliphatic carbocycles. The maximum absolute atomic E-state index is 12.0. The quantitative estimate of drug-likeness (QED) is 0.694. The standard InChI is InChI=1S/C18H20Cl2N2O4/c1-10(2)7-14(18(24)25)22-16(23)5-6-17-21-9-15(26-17)12-4-3-11(19)8-13(12)20/h3-4,8-10,14H,5-7H2,1-2H3,(H,22,23)(H,24,25)/t14-/m0/s1. The normalized spacial score (nSPS) is 12.2. The minimum absolute atomic E-state index is 0.0795. The van der Waals surface area contributed by atoms with Gasteiger partial charge in [0.25, 0.3) is 0 Å². The van der Waals surface area contributed by atoms with Crippen LogP contribution in [0.4, 0.5) is 0 Å². The van der Waals surface area contributed by atoms with Crippen molar-refractivity contribution in [1.82, 2.24) is 10.3 Å². The molecule has 140 valence electrons. The van der Waals surface area contributed by atoms with Crippen molar-refractivity contribution in [3.05, 3.63) is 40.3 Å². The smallest absolute Gasteiger partial charge is 0.326 e. The van der Waals surface area contributed by atoms with Gasteiger partial charge in [-0.25, -0.2) is 9.78 Å². The van der Waals surface area contributed by atoms with Crippen molar-refractivity contribution >= 4 is 35.1 Å². The molecule has 0 fully saturated rings. The molecule has 0 aliphatic heterocycles. The predicted molar refractivity (Wildman–Crippen MR) is 99.3 cm³/mol. The maximum atomic E-state index is 12.0. The molecular weight excluding hydrogens is 379 g/mol. The first kappa shape index (κ1) is 20.3. The zero-order valence-electron chi connectivity index (χ0n) is 14.5. The Morgan fingerprint density at radius 1 is 1.31 bits per heavy atom. The number of rotatable bonds is 8. The number of nitrogens with zero attached hydrogens (tertiary/aromatic N) is 1. The zero-order valence-corrected chi connectivity index (χ0v) is 16.0. The molecule has 8 heteroatoms. The number of aromatic nitrogens is 1. The Morgan fingerprint density at radius 2 is 2.04 bits per heavy atom. The van der Waals surface area contributed by atoms with Gasteiger partial charge in [0, 0.05) is 23.4 Å². The van der Waals surface area contributed by atoms with E-state index in [0.717, 1.165) is 0 Å². The van der Waals surface area contributed by atoms with Gasteiger partial charge in [-0.1, -0.05) is 37.0 Å². The number of benzene rings is 1. The lowest BCUT2D eigenvalue weighted by molar-refractivity contribution is -0.142.